The molecule has 1 N–H and O–H groups in total. The highest BCUT2D eigenvalue weighted by Gasteiger charge is 2.12. The molecule has 0 saturated heterocycles. The third kappa shape index (κ3) is 2.88. The van der Waals surface area contributed by atoms with Crippen LogP contribution in [0.2, 0.25) is 0 Å². The van der Waals surface area contributed by atoms with Gasteiger partial charge in [-0.25, -0.2) is 0 Å². The molecule has 0 radical (unpaired) electrons. The lowest BCUT2D eigenvalue weighted by molar-refractivity contribution is 0.998. The number of aromatic nitrogens is 1. The Kier molecular flexibility index (Phi) is 3.85. The van der Waals surface area contributed by atoms with Gasteiger partial charge in [0.05, 0.1) is 11.6 Å². The standard InChI is InChI=1S/C17H12BrN3/c18-14-5-1-2-6-16(14)21-17(11-19)13-7-8-15-12(10-13)4-3-9-20-15/h1-10,17,21H. The molecule has 0 saturated carbocycles. The molecule has 0 bridgehead atoms. The first kappa shape index (κ1) is 13.6. The number of hydrogen-bond donors (Lipinski definition) is 1. The summed E-state index contributed by atoms with van der Waals surface area (Å²) >= 11 is 3.48. The van der Waals surface area contributed by atoms with Crippen molar-refractivity contribution in [1.82, 2.24) is 4.98 Å². The summed E-state index contributed by atoms with van der Waals surface area (Å²) in [6, 6.07) is 19.4. The highest BCUT2D eigenvalue weighted by molar-refractivity contribution is 9.10. The second-order valence-corrected chi connectivity index (χ2v) is 5.50. The highest BCUT2D eigenvalue weighted by atomic mass is 79.9. The highest BCUT2D eigenvalue weighted by Crippen LogP contribution is 2.27. The number of rotatable bonds is 3. The maximum atomic E-state index is 9.46. The Morgan fingerprint density at radius 2 is 1.95 bits per heavy atom. The van der Waals surface area contributed by atoms with Crippen LogP contribution >= 0.6 is 15.9 Å². The monoisotopic (exact) mass is 337 g/mol. The number of nitriles is 1. The molecule has 3 nitrogen and oxygen atoms in total. The van der Waals surface area contributed by atoms with Gasteiger partial charge in [-0.15, -0.1) is 0 Å². The van der Waals surface area contributed by atoms with Gasteiger partial charge in [0.25, 0.3) is 0 Å². The number of para-hydroxylation sites is 1. The van der Waals surface area contributed by atoms with Crippen LogP contribution in [0.4, 0.5) is 5.69 Å². The summed E-state index contributed by atoms with van der Waals surface area (Å²) in [6.07, 6.45) is 1.77. The van der Waals surface area contributed by atoms with E-state index in [-0.39, 0.29) is 0 Å². The minimum absolute atomic E-state index is 0.409. The van der Waals surface area contributed by atoms with Gasteiger partial charge in [0.15, 0.2) is 0 Å². The smallest absolute Gasteiger partial charge is 0.140 e. The molecule has 0 aliphatic heterocycles. The van der Waals surface area contributed by atoms with E-state index in [0.717, 1.165) is 26.6 Å². The molecular formula is C17H12BrN3. The third-order valence-electron chi connectivity index (χ3n) is 3.26. The molecule has 1 aromatic heterocycles. The second-order valence-electron chi connectivity index (χ2n) is 4.64. The molecule has 2 aromatic carbocycles. The number of halogens is 1. The maximum absolute atomic E-state index is 9.46. The van der Waals surface area contributed by atoms with Gasteiger partial charge in [0.1, 0.15) is 6.04 Å². The molecule has 3 rings (SSSR count). The van der Waals surface area contributed by atoms with Crippen molar-refractivity contribution < 1.29 is 0 Å². The first-order valence-corrected chi connectivity index (χ1v) is 7.32. The minimum Gasteiger partial charge on any atom is -0.365 e. The molecule has 0 amide bonds. The van der Waals surface area contributed by atoms with Crippen molar-refractivity contribution in [2.45, 2.75) is 6.04 Å². The minimum atomic E-state index is -0.409. The van der Waals surface area contributed by atoms with Crippen LogP contribution in [-0.2, 0) is 0 Å². The van der Waals surface area contributed by atoms with Crippen LogP contribution in [0.15, 0.2) is 65.3 Å². The SMILES string of the molecule is N#CC(Nc1ccccc1Br)c1ccc2ncccc2c1. The van der Waals surface area contributed by atoms with Crippen molar-refractivity contribution in [2.75, 3.05) is 5.32 Å². The van der Waals surface area contributed by atoms with Crippen LogP contribution in [0.5, 0.6) is 0 Å². The van der Waals surface area contributed by atoms with Crippen molar-refractivity contribution in [2.24, 2.45) is 0 Å². The van der Waals surface area contributed by atoms with E-state index < -0.39 is 6.04 Å². The summed E-state index contributed by atoms with van der Waals surface area (Å²) in [6.45, 7) is 0. The first-order valence-electron chi connectivity index (χ1n) is 6.53. The average molecular weight is 338 g/mol. The summed E-state index contributed by atoms with van der Waals surface area (Å²) in [4.78, 5) is 4.29. The summed E-state index contributed by atoms with van der Waals surface area (Å²) < 4.78 is 0.938. The van der Waals surface area contributed by atoms with Crippen LogP contribution < -0.4 is 5.32 Å². The van der Waals surface area contributed by atoms with Crippen LogP contribution in [0.3, 0.4) is 0 Å². The van der Waals surface area contributed by atoms with Crippen LogP contribution in [0.1, 0.15) is 11.6 Å². The zero-order valence-corrected chi connectivity index (χ0v) is 12.7. The number of anilines is 1. The lowest BCUT2D eigenvalue weighted by Crippen LogP contribution is -2.08. The summed E-state index contributed by atoms with van der Waals surface area (Å²) in [5, 5.41) is 13.7. The Morgan fingerprint density at radius 3 is 2.76 bits per heavy atom. The van der Waals surface area contributed by atoms with Gasteiger partial charge in [-0.05, 0) is 51.8 Å². The van der Waals surface area contributed by atoms with Crippen molar-refractivity contribution in [1.29, 1.82) is 5.26 Å². The van der Waals surface area contributed by atoms with Gasteiger partial charge in [0, 0.05) is 21.7 Å². The number of fused-ring (bicyclic) bond motifs is 1. The van der Waals surface area contributed by atoms with Gasteiger partial charge in [-0.2, -0.15) is 5.26 Å². The fraction of sp³-hybridized carbons (Fsp3) is 0.0588. The van der Waals surface area contributed by atoms with Crippen LogP contribution in [0.25, 0.3) is 10.9 Å². The van der Waals surface area contributed by atoms with Gasteiger partial charge in [-0.3, -0.25) is 4.98 Å². The Morgan fingerprint density at radius 1 is 1.10 bits per heavy atom. The summed E-state index contributed by atoms with van der Waals surface area (Å²) in [7, 11) is 0. The molecule has 1 unspecified atom stereocenters. The predicted molar refractivity (Wildman–Crippen MR) is 87.9 cm³/mol. The molecule has 4 heteroatoms. The van der Waals surface area contributed by atoms with E-state index in [1.165, 1.54) is 0 Å². The molecular weight excluding hydrogens is 326 g/mol. The maximum Gasteiger partial charge on any atom is 0.140 e. The fourth-order valence-electron chi connectivity index (χ4n) is 2.20. The third-order valence-corrected chi connectivity index (χ3v) is 3.95. The number of nitrogens with one attached hydrogen (secondary N) is 1. The zero-order chi connectivity index (χ0) is 14.7. The van der Waals surface area contributed by atoms with E-state index in [1.807, 2.05) is 54.6 Å². The van der Waals surface area contributed by atoms with E-state index in [0.29, 0.717) is 0 Å². The number of hydrogen-bond acceptors (Lipinski definition) is 3. The van der Waals surface area contributed by atoms with Crippen molar-refractivity contribution in [3.63, 3.8) is 0 Å². The summed E-state index contributed by atoms with van der Waals surface area (Å²) in [5.74, 6) is 0. The lowest BCUT2D eigenvalue weighted by Gasteiger charge is -2.15. The normalized spacial score (nSPS) is 11.8. The predicted octanol–water partition coefficient (Wildman–Crippen LogP) is 4.67. The number of pyridine rings is 1. The molecule has 0 fully saturated rings. The number of benzene rings is 2. The quantitative estimate of drug-likeness (QED) is 0.755. The Bertz CT molecular complexity index is 823. The van der Waals surface area contributed by atoms with E-state index in [4.69, 9.17) is 0 Å². The Balaban J connectivity index is 1.95. The van der Waals surface area contributed by atoms with E-state index >= 15 is 0 Å². The second kappa shape index (κ2) is 5.94. The van der Waals surface area contributed by atoms with E-state index in [9.17, 15) is 5.26 Å². The average Bonchev–Trinajstić information content (AvgIpc) is 2.54. The van der Waals surface area contributed by atoms with Crippen LogP contribution in [0, 0.1) is 11.3 Å². The molecule has 0 aliphatic carbocycles. The van der Waals surface area contributed by atoms with Gasteiger partial charge in [-0.1, -0.05) is 24.3 Å². The van der Waals surface area contributed by atoms with E-state index in [1.54, 1.807) is 6.20 Å². The largest absolute Gasteiger partial charge is 0.365 e. The van der Waals surface area contributed by atoms with Crippen molar-refractivity contribution in [3.05, 3.63) is 70.8 Å². The molecule has 1 atom stereocenters. The van der Waals surface area contributed by atoms with Crippen molar-refractivity contribution in [3.8, 4) is 6.07 Å². The van der Waals surface area contributed by atoms with Crippen LogP contribution in [-0.4, -0.2) is 4.98 Å². The number of nitrogens with zero attached hydrogens (tertiary/aromatic N) is 2. The van der Waals surface area contributed by atoms with E-state index in [2.05, 4.69) is 32.3 Å². The summed E-state index contributed by atoms with van der Waals surface area (Å²) in [5.41, 5.74) is 2.75. The Hall–Kier alpha value is -2.38. The molecule has 0 spiro atoms. The zero-order valence-electron chi connectivity index (χ0n) is 11.1. The molecule has 102 valence electrons. The lowest BCUT2D eigenvalue weighted by atomic mass is 10.0. The molecule has 3 aromatic rings. The van der Waals surface area contributed by atoms with Crippen molar-refractivity contribution >= 4 is 32.5 Å². The van der Waals surface area contributed by atoms with Gasteiger partial charge < -0.3 is 5.32 Å². The first-order chi connectivity index (χ1) is 10.3. The topological polar surface area (TPSA) is 48.7 Å². The Labute approximate surface area is 131 Å². The molecule has 21 heavy (non-hydrogen) atoms. The molecule has 1 heterocycles. The fourth-order valence-corrected chi connectivity index (χ4v) is 2.60. The van der Waals surface area contributed by atoms with Gasteiger partial charge >= 0.3 is 0 Å². The molecule has 0 aliphatic rings. The van der Waals surface area contributed by atoms with Gasteiger partial charge in [0.2, 0.25) is 0 Å².